The Bertz CT molecular complexity index is 967. The van der Waals surface area contributed by atoms with Crippen molar-refractivity contribution in [1.82, 2.24) is 15.0 Å². The minimum absolute atomic E-state index is 0.140. The van der Waals surface area contributed by atoms with E-state index in [9.17, 15) is 24.1 Å². The number of H-pyrrole nitrogens is 1. The van der Waals surface area contributed by atoms with Gasteiger partial charge < -0.3 is 25.6 Å². The van der Waals surface area contributed by atoms with Gasteiger partial charge in [0.15, 0.2) is 11.6 Å². The molecular weight excluding hydrogens is 358 g/mol. The van der Waals surface area contributed by atoms with Gasteiger partial charge in [-0.2, -0.15) is 0 Å². The maximum Gasteiger partial charge on any atom is 0.159 e. The van der Waals surface area contributed by atoms with Crippen molar-refractivity contribution in [3.8, 4) is 0 Å². The van der Waals surface area contributed by atoms with Crippen LogP contribution in [0.2, 0.25) is 0 Å². The number of hydrogen-bond acceptors (Lipinski definition) is 6. The van der Waals surface area contributed by atoms with Gasteiger partial charge in [-0.15, -0.1) is 0 Å². The van der Waals surface area contributed by atoms with Gasteiger partial charge in [-0.25, -0.2) is 18.7 Å². The van der Waals surface area contributed by atoms with Crippen LogP contribution in [0, 0.1) is 17.6 Å². The number of anilines is 1. The van der Waals surface area contributed by atoms with Crippen molar-refractivity contribution in [3.63, 3.8) is 0 Å². The van der Waals surface area contributed by atoms with Crippen molar-refractivity contribution >= 4 is 16.9 Å². The smallest absolute Gasteiger partial charge is 0.159 e. The molecule has 3 aromatic rings. The Morgan fingerprint density at radius 2 is 1.93 bits per heavy atom. The monoisotopic (exact) mass is 376 g/mol. The lowest BCUT2D eigenvalue weighted by Gasteiger charge is -2.22. The predicted octanol–water partition coefficient (Wildman–Crippen LogP) is 1.49. The quantitative estimate of drug-likeness (QED) is 0.471. The third-order valence-electron chi connectivity index (χ3n) is 5.09. The summed E-state index contributed by atoms with van der Waals surface area (Å²) in [5.41, 5.74) is 0.764. The average Bonchev–Trinajstić information content (AvgIpc) is 3.24. The molecule has 4 rings (SSSR count). The first-order chi connectivity index (χ1) is 13.0. The van der Waals surface area contributed by atoms with Crippen LogP contribution in [-0.4, -0.2) is 48.5 Å². The number of fused-ring (bicyclic) bond motifs is 1. The molecule has 5 atom stereocenters. The third kappa shape index (κ3) is 3.14. The standard InChI is InChI=1S/C18H18F2N4O3/c19-11-2-1-8(5-12(11)20)14(25)10-6-13(16(27)15(10)26)24-18-9-3-4-21-17(9)22-7-23-18/h1-5,7,10,13-16,25-27H,6H2,(H2,21,22,23,24)/t10-,13-,14?,15-,16+/m1/s1. The van der Waals surface area contributed by atoms with Crippen LogP contribution >= 0.6 is 0 Å². The maximum atomic E-state index is 13.5. The molecule has 0 bridgehead atoms. The minimum atomic E-state index is -1.26. The molecule has 1 saturated carbocycles. The van der Waals surface area contributed by atoms with Gasteiger partial charge in [0.1, 0.15) is 23.9 Å². The summed E-state index contributed by atoms with van der Waals surface area (Å²) in [7, 11) is 0. The summed E-state index contributed by atoms with van der Waals surface area (Å²) < 4.78 is 26.6. The molecule has 7 nitrogen and oxygen atoms in total. The molecule has 1 unspecified atom stereocenters. The Kier molecular flexibility index (Phi) is 4.50. The summed E-state index contributed by atoms with van der Waals surface area (Å²) >= 11 is 0. The van der Waals surface area contributed by atoms with Crippen LogP contribution in [0.5, 0.6) is 0 Å². The molecule has 27 heavy (non-hydrogen) atoms. The van der Waals surface area contributed by atoms with Crippen LogP contribution in [0.15, 0.2) is 36.8 Å². The van der Waals surface area contributed by atoms with Crippen LogP contribution in [0.25, 0.3) is 11.0 Å². The molecule has 2 heterocycles. The molecule has 1 aliphatic rings. The molecule has 0 amide bonds. The van der Waals surface area contributed by atoms with Crippen LogP contribution in [0.3, 0.4) is 0 Å². The molecule has 0 saturated heterocycles. The van der Waals surface area contributed by atoms with Crippen LogP contribution in [0.4, 0.5) is 14.6 Å². The largest absolute Gasteiger partial charge is 0.390 e. The number of hydrogen-bond donors (Lipinski definition) is 5. The fourth-order valence-electron chi connectivity index (χ4n) is 3.63. The summed E-state index contributed by atoms with van der Waals surface area (Å²) in [5.74, 6) is -2.37. The van der Waals surface area contributed by atoms with Gasteiger partial charge in [0.2, 0.25) is 0 Å². The highest BCUT2D eigenvalue weighted by molar-refractivity contribution is 5.86. The summed E-state index contributed by atoms with van der Waals surface area (Å²) in [6.07, 6.45) is -0.382. The van der Waals surface area contributed by atoms with E-state index in [0.717, 1.165) is 17.5 Å². The lowest BCUT2D eigenvalue weighted by Crippen LogP contribution is -2.36. The highest BCUT2D eigenvalue weighted by Gasteiger charge is 2.45. The zero-order chi connectivity index (χ0) is 19.1. The SMILES string of the molecule is OC(c1ccc(F)c(F)c1)[C@H]1C[C@@H](Nc2ncnc3[nH]ccc23)[C@H](O)[C@@H]1O. The normalized spacial score (nSPS) is 26.4. The van der Waals surface area contributed by atoms with Crippen LogP contribution in [0.1, 0.15) is 18.1 Å². The number of aromatic nitrogens is 3. The summed E-state index contributed by atoms with van der Waals surface area (Å²) in [5, 5.41) is 35.1. The molecule has 2 aromatic heterocycles. The number of nitrogens with zero attached hydrogens (tertiary/aromatic N) is 2. The molecule has 5 N–H and O–H groups in total. The van der Waals surface area contributed by atoms with Crippen molar-refractivity contribution < 1.29 is 24.1 Å². The fraction of sp³-hybridized carbons (Fsp3) is 0.333. The van der Waals surface area contributed by atoms with E-state index in [2.05, 4.69) is 20.3 Å². The van der Waals surface area contributed by atoms with Gasteiger partial charge in [-0.05, 0) is 30.2 Å². The number of halogens is 2. The number of rotatable bonds is 4. The third-order valence-corrected chi connectivity index (χ3v) is 5.09. The Hall–Kier alpha value is -2.62. The second kappa shape index (κ2) is 6.84. The molecule has 0 spiro atoms. The predicted molar refractivity (Wildman–Crippen MR) is 92.7 cm³/mol. The van der Waals surface area contributed by atoms with Crippen molar-refractivity contribution in [2.45, 2.75) is 30.8 Å². The van der Waals surface area contributed by atoms with E-state index in [0.29, 0.717) is 11.5 Å². The highest BCUT2D eigenvalue weighted by atomic mass is 19.2. The molecule has 9 heteroatoms. The fourth-order valence-corrected chi connectivity index (χ4v) is 3.63. The molecule has 1 aliphatic carbocycles. The average molecular weight is 376 g/mol. The Morgan fingerprint density at radius 3 is 2.70 bits per heavy atom. The van der Waals surface area contributed by atoms with Crippen molar-refractivity contribution in [3.05, 3.63) is 54.0 Å². The Morgan fingerprint density at radius 1 is 1.11 bits per heavy atom. The second-order valence-electron chi connectivity index (χ2n) is 6.71. The topological polar surface area (TPSA) is 114 Å². The first-order valence-electron chi connectivity index (χ1n) is 8.49. The summed E-state index contributed by atoms with van der Waals surface area (Å²) in [4.78, 5) is 11.2. The first kappa shape index (κ1) is 17.8. The zero-order valence-electron chi connectivity index (χ0n) is 14.0. The van der Waals surface area contributed by atoms with Gasteiger partial charge in [-0.1, -0.05) is 6.07 Å². The molecular formula is C18H18F2N4O3. The Balaban J connectivity index is 1.55. The van der Waals surface area contributed by atoms with Crippen LogP contribution in [-0.2, 0) is 0 Å². The van der Waals surface area contributed by atoms with E-state index in [1.165, 1.54) is 12.4 Å². The summed E-state index contributed by atoms with van der Waals surface area (Å²) in [6, 6.07) is 4.27. The lowest BCUT2D eigenvalue weighted by atomic mass is 9.92. The molecule has 142 valence electrons. The number of benzene rings is 1. The molecule has 1 fully saturated rings. The van der Waals surface area contributed by atoms with Crippen molar-refractivity contribution in [2.75, 3.05) is 5.32 Å². The first-order valence-corrected chi connectivity index (χ1v) is 8.49. The number of aliphatic hydroxyl groups is 3. The van der Waals surface area contributed by atoms with Gasteiger partial charge in [0.05, 0.1) is 23.6 Å². The minimum Gasteiger partial charge on any atom is -0.390 e. The van der Waals surface area contributed by atoms with E-state index >= 15 is 0 Å². The van der Waals surface area contributed by atoms with Gasteiger partial charge in [-0.3, -0.25) is 0 Å². The van der Waals surface area contributed by atoms with Crippen molar-refractivity contribution in [2.24, 2.45) is 5.92 Å². The van der Waals surface area contributed by atoms with E-state index in [1.54, 1.807) is 12.3 Å². The van der Waals surface area contributed by atoms with Gasteiger partial charge >= 0.3 is 0 Å². The van der Waals surface area contributed by atoms with Crippen molar-refractivity contribution in [1.29, 1.82) is 0 Å². The molecule has 1 aromatic carbocycles. The lowest BCUT2D eigenvalue weighted by molar-refractivity contribution is -0.0222. The zero-order valence-corrected chi connectivity index (χ0v) is 14.0. The number of nitrogens with one attached hydrogen (secondary N) is 2. The van der Waals surface area contributed by atoms with Gasteiger partial charge in [0.25, 0.3) is 0 Å². The van der Waals surface area contributed by atoms with E-state index in [4.69, 9.17) is 0 Å². The number of aliphatic hydroxyl groups excluding tert-OH is 3. The van der Waals surface area contributed by atoms with Gasteiger partial charge in [0, 0.05) is 12.1 Å². The van der Waals surface area contributed by atoms with E-state index in [-0.39, 0.29) is 12.0 Å². The summed E-state index contributed by atoms with van der Waals surface area (Å²) in [6.45, 7) is 0. The van der Waals surface area contributed by atoms with Crippen LogP contribution < -0.4 is 5.32 Å². The highest BCUT2D eigenvalue weighted by Crippen LogP contribution is 2.38. The maximum absolute atomic E-state index is 13.5. The molecule has 0 radical (unpaired) electrons. The second-order valence-corrected chi connectivity index (χ2v) is 6.71. The number of aromatic amines is 1. The Labute approximate surface area is 152 Å². The molecule has 0 aliphatic heterocycles. The van der Waals surface area contributed by atoms with E-state index < -0.39 is 41.9 Å². The van der Waals surface area contributed by atoms with E-state index in [1.807, 2.05) is 0 Å².